The molecule has 0 saturated heterocycles. The molecule has 0 heterocycles. The summed E-state index contributed by atoms with van der Waals surface area (Å²) in [5, 5.41) is 13.7. The van der Waals surface area contributed by atoms with Crippen LogP contribution in [-0.2, 0) is 6.54 Å². The van der Waals surface area contributed by atoms with Crippen LogP contribution in [0.15, 0.2) is 54.6 Å². The van der Waals surface area contributed by atoms with Crippen LogP contribution in [0.4, 0.5) is 0 Å². The normalized spacial score (nSPS) is 12.1. The Bertz CT molecular complexity index is 519. The van der Waals surface area contributed by atoms with Crippen molar-refractivity contribution in [2.24, 2.45) is 0 Å². The lowest BCUT2D eigenvalue weighted by atomic mass is 10.2. The number of ether oxygens (including phenoxy) is 1. The number of nitrogens with one attached hydrogen (secondary N) is 1. The molecule has 0 aliphatic carbocycles. The van der Waals surface area contributed by atoms with Crippen molar-refractivity contribution in [3.63, 3.8) is 0 Å². The highest BCUT2D eigenvalue weighted by Gasteiger charge is 2.05. The second kappa shape index (κ2) is 7.90. The van der Waals surface area contributed by atoms with E-state index >= 15 is 0 Å². The first-order valence-electron chi connectivity index (χ1n) is 6.55. The molecule has 106 valence electrons. The standard InChI is InChI=1S/C16H18ClNO2/c17-14-7-4-8-16(9-14)20-12-15(19)11-18-10-13-5-2-1-3-6-13/h1-9,15,18-19H,10-12H2. The third-order valence-corrected chi connectivity index (χ3v) is 3.03. The Morgan fingerprint density at radius 1 is 1.10 bits per heavy atom. The van der Waals surface area contributed by atoms with E-state index in [4.69, 9.17) is 16.3 Å². The summed E-state index contributed by atoms with van der Waals surface area (Å²) >= 11 is 5.86. The number of hydrogen-bond donors (Lipinski definition) is 2. The quantitative estimate of drug-likeness (QED) is 0.824. The van der Waals surface area contributed by atoms with Crippen LogP contribution in [0.2, 0.25) is 5.02 Å². The fourth-order valence-electron chi connectivity index (χ4n) is 1.79. The molecule has 0 bridgehead atoms. The van der Waals surface area contributed by atoms with Gasteiger partial charge in [0, 0.05) is 18.1 Å². The number of aliphatic hydroxyl groups excluding tert-OH is 1. The fourth-order valence-corrected chi connectivity index (χ4v) is 1.97. The Balaban J connectivity index is 1.67. The summed E-state index contributed by atoms with van der Waals surface area (Å²) in [5.74, 6) is 0.666. The fraction of sp³-hybridized carbons (Fsp3) is 0.250. The van der Waals surface area contributed by atoms with Gasteiger partial charge in [-0.3, -0.25) is 0 Å². The van der Waals surface area contributed by atoms with Crippen LogP contribution >= 0.6 is 11.6 Å². The van der Waals surface area contributed by atoms with Crippen molar-refractivity contribution in [1.29, 1.82) is 0 Å². The molecule has 0 amide bonds. The molecule has 0 spiro atoms. The second-order valence-electron chi connectivity index (χ2n) is 4.54. The number of halogens is 1. The van der Waals surface area contributed by atoms with Gasteiger partial charge < -0.3 is 15.2 Å². The molecule has 0 saturated carbocycles. The molecule has 0 aromatic heterocycles. The summed E-state index contributed by atoms with van der Waals surface area (Å²) in [6, 6.07) is 17.2. The molecule has 20 heavy (non-hydrogen) atoms. The van der Waals surface area contributed by atoms with Gasteiger partial charge in [-0.25, -0.2) is 0 Å². The maximum Gasteiger partial charge on any atom is 0.120 e. The minimum Gasteiger partial charge on any atom is -0.491 e. The molecule has 0 aliphatic heterocycles. The lowest BCUT2D eigenvalue weighted by molar-refractivity contribution is 0.106. The van der Waals surface area contributed by atoms with E-state index in [1.54, 1.807) is 12.1 Å². The highest BCUT2D eigenvalue weighted by atomic mass is 35.5. The lowest BCUT2D eigenvalue weighted by Crippen LogP contribution is -2.31. The first-order valence-corrected chi connectivity index (χ1v) is 6.93. The summed E-state index contributed by atoms with van der Waals surface area (Å²) in [6.07, 6.45) is -0.558. The molecule has 0 fully saturated rings. The van der Waals surface area contributed by atoms with E-state index in [1.165, 1.54) is 5.56 Å². The smallest absolute Gasteiger partial charge is 0.120 e. The van der Waals surface area contributed by atoms with Crippen LogP contribution in [0.25, 0.3) is 0 Å². The predicted octanol–water partition coefficient (Wildman–Crippen LogP) is 2.87. The highest BCUT2D eigenvalue weighted by Crippen LogP contribution is 2.17. The van der Waals surface area contributed by atoms with Crippen molar-refractivity contribution in [3.05, 3.63) is 65.2 Å². The van der Waals surface area contributed by atoms with E-state index in [0.29, 0.717) is 17.3 Å². The van der Waals surface area contributed by atoms with Crippen LogP contribution < -0.4 is 10.1 Å². The second-order valence-corrected chi connectivity index (χ2v) is 4.98. The van der Waals surface area contributed by atoms with E-state index in [2.05, 4.69) is 5.32 Å². The summed E-state index contributed by atoms with van der Waals surface area (Å²) in [6.45, 7) is 1.45. The predicted molar refractivity (Wildman–Crippen MR) is 81.1 cm³/mol. The van der Waals surface area contributed by atoms with Crippen molar-refractivity contribution in [2.75, 3.05) is 13.2 Å². The average Bonchev–Trinajstić information content (AvgIpc) is 2.46. The maximum absolute atomic E-state index is 9.84. The average molecular weight is 292 g/mol. The van der Waals surface area contributed by atoms with Gasteiger partial charge in [-0.05, 0) is 23.8 Å². The number of aliphatic hydroxyl groups is 1. The van der Waals surface area contributed by atoms with Gasteiger partial charge in [0.1, 0.15) is 18.5 Å². The van der Waals surface area contributed by atoms with Gasteiger partial charge in [-0.2, -0.15) is 0 Å². The third kappa shape index (κ3) is 5.21. The van der Waals surface area contributed by atoms with Crippen molar-refractivity contribution in [2.45, 2.75) is 12.6 Å². The molecule has 2 rings (SSSR count). The first kappa shape index (κ1) is 14.9. The van der Waals surface area contributed by atoms with Gasteiger partial charge in [-0.1, -0.05) is 48.0 Å². The van der Waals surface area contributed by atoms with Gasteiger partial charge in [0.2, 0.25) is 0 Å². The monoisotopic (exact) mass is 291 g/mol. The SMILES string of the molecule is OC(CNCc1ccccc1)COc1cccc(Cl)c1. The van der Waals surface area contributed by atoms with Gasteiger partial charge in [0.15, 0.2) is 0 Å². The number of hydrogen-bond acceptors (Lipinski definition) is 3. The highest BCUT2D eigenvalue weighted by molar-refractivity contribution is 6.30. The molecule has 1 atom stereocenters. The third-order valence-electron chi connectivity index (χ3n) is 2.79. The molecular formula is C16H18ClNO2. The molecule has 2 aromatic carbocycles. The maximum atomic E-state index is 9.84. The largest absolute Gasteiger partial charge is 0.491 e. The van der Waals surface area contributed by atoms with E-state index < -0.39 is 6.10 Å². The summed E-state index contributed by atoms with van der Waals surface area (Å²) < 4.78 is 5.48. The van der Waals surface area contributed by atoms with Crippen molar-refractivity contribution in [1.82, 2.24) is 5.32 Å². The van der Waals surface area contributed by atoms with Crippen LogP contribution in [0.3, 0.4) is 0 Å². The van der Waals surface area contributed by atoms with E-state index in [1.807, 2.05) is 42.5 Å². The van der Waals surface area contributed by atoms with Crippen molar-refractivity contribution < 1.29 is 9.84 Å². The number of rotatable bonds is 7. The molecule has 0 radical (unpaired) electrons. The molecular weight excluding hydrogens is 274 g/mol. The molecule has 3 nitrogen and oxygen atoms in total. The first-order chi connectivity index (χ1) is 9.74. The topological polar surface area (TPSA) is 41.5 Å². The zero-order valence-electron chi connectivity index (χ0n) is 11.1. The Morgan fingerprint density at radius 2 is 1.90 bits per heavy atom. The molecule has 2 N–H and O–H groups in total. The molecule has 2 aromatic rings. The van der Waals surface area contributed by atoms with Crippen molar-refractivity contribution in [3.8, 4) is 5.75 Å². The van der Waals surface area contributed by atoms with Crippen LogP contribution in [-0.4, -0.2) is 24.4 Å². The Labute approximate surface area is 124 Å². The van der Waals surface area contributed by atoms with E-state index in [-0.39, 0.29) is 6.61 Å². The summed E-state index contributed by atoms with van der Waals surface area (Å²) in [7, 11) is 0. The molecule has 0 aliphatic rings. The Hall–Kier alpha value is -1.55. The van der Waals surface area contributed by atoms with Crippen LogP contribution in [0.1, 0.15) is 5.56 Å². The Kier molecular flexibility index (Phi) is 5.87. The van der Waals surface area contributed by atoms with Crippen LogP contribution in [0.5, 0.6) is 5.75 Å². The van der Waals surface area contributed by atoms with Gasteiger partial charge in [0.05, 0.1) is 0 Å². The summed E-state index contributed by atoms with van der Waals surface area (Å²) in [4.78, 5) is 0. The van der Waals surface area contributed by atoms with E-state index in [9.17, 15) is 5.11 Å². The minimum absolute atomic E-state index is 0.238. The minimum atomic E-state index is -0.558. The zero-order chi connectivity index (χ0) is 14.2. The molecule has 1 unspecified atom stereocenters. The van der Waals surface area contributed by atoms with Gasteiger partial charge in [-0.15, -0.1) is 0 Å². The van der Waals surface area contributed by atoms with E-state index in [0.717, 1.165) is 6.54 Å². The lowest BCUT2D eigenvalue weighted by Gasteiger charge is -2.13. The van der Waals surface area contributed by atoms with Gasteiger partial charge in [0.25, 0.3) is 0 Å². The van der Waals surface area contributed by atoms with Crippen molar-refractivity contribution >= 4 is 11.6 Å². The summed E-state index contributed by atoms with van der Waals surface area (Å²) in [5.41, 5.74) is 1.19. The Morgan fingerprint density at radius 3 is 2.65 bits per heavy atom. The number of benzene rings is 2. The molecule has 4 heteroatoms. The zero-order valence-corrected chi connectivity index (χ0v) is 11.9. The van der Waals surface area contributed by atoms with Crippen LogP contribution in [0, 0.1) is 0 Å². The van der Waals surface area contributed by atoms with Gasteiger partial charge >= 0.3 is 0 Å².